The van der Waals surface area contributed by atoms with Crippen LogP contribution in [0.15, 0.2) is 23.8 Å². The van der Waals surface area contributed by atoms with E-state index >= 15 is 0 Å². The zero-order valence-corrected chi connectivity index (χ0v) is 12.3. The highest BCUT2D eigenvalue weighted by Gasteiger charge is 2.31. The molecule has 0 spiro atoms. The lowest BCUT2D eigenvalue weighted by molar-refractivity contribution is -0.106. The van der Waals surface area contributed by atoms with E-state index in [1.807, 2.05) is 13.8 Å². The first-order valence-corrected chi connectivity index (χ1v) is 6.28. The van der Waals surface area contributed by atoms with Gasteiger partial charge in [0, 0.05) is 0 Å². The molecule has 1 rings (SSSR count). The van der Waals surface area contributed by atoms with Gasteiger partial charge in [0.2, 0.25) is 0 Å². The number of carbonyl (C=O) groups excluding carboxylic acids is 1. The maximum absolute atomic E-state index is 12.7. The van der Waals surface area contributed by atoms with Crippen molar-refractivity contribution in [3.05, 3.63) is 46.0 Å². The molecule has 5 heteroatoms. The maximum Gasteiger partial charge on any atom is 0.416 e. The number of methoxy groups -OCH3 is 1. The summed E-state index contributed by atoms with van der Waals surface area (Å²) in [7, 11) is 1.55. The SMILES string of the molecule is COc1cc(C)c(C=CC(=CC=O)C(F)(F)F)c(C)c1C. The molecule has 0 radical (unpaired) electrons. The van der Waals surface area contributed by atoms with Crippen molar-refractivity contribution in [1.82, 2.24) is 0 Å². The van der Waals surface area contributed by atoms with Crippen LogP contribution in [0.4, 0.5) is 13.2 Å². The van der Waals surface area contributed by atoms with Gasteiger partial charge in [-0.05, 0) is 61.2 Å². The van der Waals surface area contributed by atoms with Crippen LogP contribution in [0.2, 0.25) is 0 Å². The van der Waals surface area contributed by atoms with Crippen LogP contribution in [0.25, 0.3) is 6.08 Å². The minimum absolute atomic E-state index is 0.131. The van der Waals surface area contributed by atoms with Crippen LogP contribution < -0.4 is 4.74 Å². The number of ether oxygens (including phenoxy) is 1. The number of hydrogen-bond donors (Lipinski definition) is 0. The molecule has 21 heavy (non-hydrogen) atoms. The first-order valence-electron chi connectivity index (χ1n) is 6.28. The van der Waals surface area contributed by atoms with E-state index in [0.717, 1.165) is 22.8 Å². The summed E-state index contributed by atoms with van der Waals surface area (Å²) in [6, 6.07) is 1.78. The molecule has 1 aromatic rings. The molecule has 0 aromatic heterocycles. The number of carbonyl (C=O) groups is 1. The van der Waals surface area contributed by atoms with E-state index in [0.29, 0.717) is 17.4 Å². The van der Waals surface area contributed by atoms with Crippen molar-refractivity contribution in [2.45, 2.75) is 26.9 Å². The standard InChI is InChI=1S/C16H17F3O2/c1-10-9-15(21-4)12(3)11(2)14(10)6-5-13(7-8-20)16(17,18)19/h5-9H,1-4H3. The molecule has 0 N–H and O–H groups in total. The normalized spacial score (nSPS) is 12.8. The van der Waals surface area contributed by atoms with Crippen LogP contribution >= 0.6 is 0 Å². The van der Waals surface area contributed by atoms with Crippen LogP contribution in [0, 0.1) is 20.8 Å². The maximum atomic E-state index is 12.7. The molecule has 0 amide bonds. The van der Waals surface area contributed by atoms with E-state index in [2.05, 4.69) is 0 Å². The molecule has 114 valence electrons. The number of allylic oxidation sites excluding steroid dienone is 3. The first kappa shape index (κ1) is 17.0. The molecule has 0 fully saturated rings. The zero-order valence-electron chi connectivity index (χ0n) is 12.3. The second kappa shape index (κ2) is 6.61. The summed E-state index contributed by atoms with van der Waals surface area (Å²) < 4.78 is 43.3. The summed E-state index contributed by atoms with van der Waals surface area (Å²) in [5.41, 5.74) is 2.23. The van der Waals surface area contributed by atoms with E-state index < -0.39 is 11.7 Å². The van der Waals surface area contributed by atoms with Crippen molar-refractivity contribution in [2.75, 3.05) is 7.11 Å². The zero-order chi connectivity index (χ0) is 16.2. The van der Waals surface area contributed by atoms with Gasteiger partial charge in [-0.2, -0.15) is 13.2 Å². The molecule has 0 atom stereocenters. The van der Waals surface area contributed by atoms with Crippen molar-refractivity contribution < 1.29 is 22.7 Å². The number of aryl methyl sites for hydroxylation is 1. The summed E-state index contributed by atoms with van der Waals surface area (Å²) in [6.45, 7) is 5.46. The van der Waals surface area contributed by atoms with Gasteiger partial charge in [0.1, 0.15) is 12.0 Å². The fourth-order valence-corrected chi connectivity index (χ4v) is 2.02. The summed E-state index contributed by atoms with van der Waals surface area (Å²) in [5.74, 6) is 0.696. The van der Waals surface area contributed by atoms with Crippen molar-refractivity contribution in [3.8, 4) is 5.75 Å². The Hall–Kier alpha value is -2.04. The van der Waals surface area contributed by atoms with Gasteiger partial charge in [-0.25, -0.2) is 0 Å². The van der Waals surface area contributed by atoms with Crippen LogP contribution in [-0.4, -0.2) is 19.6 Å². The first-order chi connectivity index (χ1) is 9.72. The minimum Gasteiger partial charge on any atom is -0.496 e. The van der Waals surface area contributed by atoms with Crippen molar-refractivity contribution in [2.24, 2.45) is 0 Å². The minimum atomic E-state index is -4.55. The Morgan fingerprint density at radius 2 is 1.81 bits per heavy atom. The lowest BCUT2D eigenvalue weighted by Crippen LogP contribution is -2.10. The lowest BCUT2D eigenvalue weighted by atomic mass is 9.96. The van der Waals surface area contributed by atoms with Gasteiger partial charge in [-0.1, -0.05) is 6.08 Å². The second-order valence-corrected chi connectivity index (χ2v) is 4.65. The predicted molar refractivity (Wildman–Crippen MR) is 76.4 cm³/mol. The fourth-order valence-electron chi connectivity index (χ4n) is 2.02. The molecule has 0 unspecified atom stereocenters. The Labute approximate surface area is 121 Å². The molecule has 0 saturated heterocycles. The van der Waals surface area contributed by atoms with E-state index in [4.69, 9.17) is 4.74 Å². The molecular formula is C16H17F3O2. The molecule has 2 nitrogen and oxygen atoms in total. The third-order valence-corrected chi connectivity index (χ3v) is 3.33. The Kier molecular flexibility index (Phi) is 5.35. The number of benzene rings is 1. The highest BCUT2D eigenvalue weighted by atomic mass is 19.4. The van der Waals surface area contributed by atoms with Gasteiger partial charge in [0.05, 0.1) is 12.7 Å². The van der Waals surface area contributed by atoms with Gasteiger partial charge in [0.25, 0.3) is 0 Å². The van der Waals surface area contributed by atoms with Crippen LogP contribution in [0.5, 0.6) is 5.75 Å². The molecule has 0 aliphatic carbocycles. The van der Waals surface area contributed by atoms with Crippen molar-refractivity contribution in [1.29, 1.82) is 0 Å². The molecule has 0 heterocycles. The van der Waals surface area contributed by atoms with E-state index in [1.54, 1.807) is 20.1 Å². The van der Waals surface area contributed by atoms with Gasteiger partial charge < -0.3 is 4.74 Å². The Morgan fingerprint density at radius 3 is 2.29 bits per heavy atom. The molecule has 1 aromatic carbocycles. The average Bonchev–Trinajstić information content (AvgIpc) is 2.40. The molecule has 0 aliphatic rings. The molecular weight excluding hydrogens is 281 g/mol. The number of rotatable bonds is 4. The smallest absolute Gasteiger partial charge is 0.416 e. The summed E-state index contributed by atoms with van der Waals surface area (Å²) >= 11 is 0. The average molecular weight is 298 g/mol. The van der Waals surface area contributed by atoms with Crippen LogP contribution in [-0.2, 0) is 4.79 Å². The summed E-state index contributed by atoms with van der Waals surface area (Å²) in [5, 5.41) is 0. The number of hydrogen-bond acceptors (Lipinski definition) is 2. The molecule has 0 bridgehead atoms. The lowest BCUT2D eigenvalue weighted by Gasteiger charge is -2.14. The monoisotopic (exact) mass is 298 g/mol. The number of aldehydes is 1. The second-order valence-electron chi connectivity index (χ2n) is 4.65. The van der Waals surface area contributed by atoms with Gasteiger partial charge >= 0.3 is 6.18 Å². The Balaban J connectivity index is 3.31. The van der Waals surface area contributed by atoms with Crippen LogP contribution in [0.3, 0.4) is 0 Å². The fraction of sp³-hybridized carbons (Fsp3) is 0.312. The van der Waals surface area contributed by atoms with E-state index in [1.165, 1.54) is 6.08 Å². The Morgan fingerprint density at radius 1 is 1.19 bits per heavy atom. The third kappa shape index (κ3) is 3.97. The van der Waals surface area contributed by atoms with Crippen molar-refractivity contribution in [3.63, 3.8) is 0 Å². The molecule has 0 aliphatic heterocycles. The summed E-state index contributed by atoms with van der Waals surface area (Å²) in [6.07, 6.45) is -1.62. The van der Waals surface area contributed by atoms with Crippen LogP contribution in [0.1, 0.15) is 22.3 Å². The predicted octanol–water partition coefficient (Wildman–Crippen LogP) is 4.32. The van der Waals surface area contributed by atoms with Crippen molar-refractivity contribution >= 4 is 12.4 Å². The summed E-state index contributed by atoms with van der Waals surface area (Å²) in [4.78, 5) is 10.3. The number of halogens is 3. The van der Waals surface area contributed by atoms with Gasteiger partial charge in [-0.15, -0.1) is 0 Å². The van der Waals surface area contributed by atoms with E-state index in [-0.39, 0.29) is 6.29 Å². The highest BCUT2D eigenvalue weighted by Crippen LogP contribution is 2.30. The van der Waals surface area contributed by atoms with Gasteiger partial charge in [0.15, 0.2) is 0 Å². The largest absolute Gasteiger partial charge is 0.496 e. The quantitative estimate of drug-likeness (QED) is 0.470. The molecule has 0 saturated carbocycles. The highest BCUT2D eigenvalue weighted by molar-refractivity contribution is 5.70. The van der Waals surface area contributed by atoms with Gasteiger partial charge in [-0.3, -0.25) is 4.79 Å². The Bertz CT molecular complexity index is 597. The topological polar surface area (TPSA) is 26.3 Å². The third-order valence-electron chi connectivity index (χ3n) is 3.33. The van der Waals surface area contributed by atoms with E-state index in [9.17, 15) is 18.0 Å². The number of alkyl halides is 3.